The van der Waals surface area contributed by atoms with E-state index in [0.29, 0.717) is 55.4 Å². The molecule has 0 aliphatic carbocycles. The Morgan fingerprint density at radius 3 is 1.21 bits per heavy atom. The van der Waals surface area contributed by atoms with E-state index < -0.39 is 141 Å². The number of carbonyl (C=O) groups excluding carboxylic acids is 5. The topological polar surface area (TPSA) is 577 Å². The van der Waals surface area contributed by atoms with E-state index in [1.54, 1.807) is 23.3 Å². The van der Waals surface area contributed by atoms with Crippen molar-refractivity contribution >= 4 is 29.5 Å². The average molecular weight is 1630 g/mol. The summed E-state index contributed by atoms with van der Waals surface area (Å²) >= 11 is 0. The molecule has 0 spiro atoms. The average Bonchev–Trinajstić information content (AvgIpc) is 1.56. The Hall–Kier alpha value is -6.27. The number of hydrogen-bond acceptors (Lipinski definition) is 37. The summed E-state index contributed by atoms with van der Waals surface area (Å²) in [5.41, 5.74) is 0.163. The largest absolute Gasteiger partial charge is 0.394 e. The highest BCUT2D eigenvalue weighted by molar-refractivity contribution is 5.77. The van der Waals surface area contributed by atoms with Gasteiger partial charge < -0.3 is 153 Å². The Balaban J connectivity index is 1.01. The highest BCUT2D eigenvalue weighted by Crippen LogP contribution is 2.26. The quantitative estimate of drug-likeness (QED) is 0.0233. The van der Waals surface area contributed by atoms with Crippen molar-refractivity contribution in [3.8, 4) is 0 Å². The maximum Gasteiger partial charge on any atom is 0.222 e. The first-order valence-corrected chi connectivity index (χ1v) is 37.7. The second-order valence-corrected chi connectivity index (χ2v) is 27.1. The van der Waals surface area contributed by atoms with Crippen molar-refractivity contribution in [3.05, 3.63) is 35.7 Å². The van der Waals surface area contributed by atoms with Gasteiger partial charge in [0.05, 0.1) is 208 Å². The molecule has 45 nitrogen and oxygen atoms in total. The van der Waals surface area contributed by atoms with Gasteiger partial charge in [-0.05, 0) is 12.3 Å². The number of nitrogens with one attached hydrogen (secondary N) is 5. The van der Waals surface area contributed by atoms with Crippen LogP contribution < -0.4 is 26.6 Å². The van der Waals surface area contributed by atoms with Gasteiger partial charge in [0, 0.05) is 53.0 Å². The minimum absolute atomic E-state index is 0.00837. The normalized spacial score (nSPS) is 24.5. The molecule has 3 aromatic heterocycles. The van der Waals surface area contributed by atoms with E-state index in [9.17, 15) is 69.9 Å². The van der Waals surface area contributed by atoms with Crippen LogP contribution in [0, 0.1) is 5.92 Å². The summed E-state index contributed by atoms with van der Waals surface area (Å²) in [6, 6.07) is -3.26. The van der Waals surface area contributed by atoms with Crippen LogP contribution in [0.1, 0.15) is 71.0 Å². The summed E-state index contributed by atoms with van der Waals surface area (Å²) in [7, 11) is 0. The van der Waals surface area contributed by atoms with Crippen molar-refractivity contribution in [1.29, 1.82) is 0 Å². The molecule has 15 atom stereocenters. The van der Waals surface area contributed by atoms with Crippen molar-refractivity contribution in [2.45, 2.75) is 191 Å². The van der Waals surface area contributed by atoms with Gasteiger partial charge in [0.2, 0.25) is 29.5 Å². The molecule has 0 aromatic carbocycles. The van der Waals surface area contributed by atoms with Gasteiger partial charge in [0.25, 0.3) is 0 Å². The number of carbonyl (C=O) groups is 5. The van der Waals surface area contributed by atoms with Crippen molar-refractivity contribution in [2.75, 3.05) is 172 Å². The van der Waals surface area contributed by atoms with Gasteiger partial charge in [-0.15, -0.1) is 15.3 Å². The zero-order chi connectivity index (χ0) is 81.8. The molecule has 3 saturated heterocycles. The highest BCUT2D eigenvalue weighted by atomic mass is 16.7. The molecule has 113 heavy (non-hydrogen) atoms. The minimum Gasteiger partial charge on any atom is -0.394 e. The molecule has 6 rings (SSSR count). The number of rotatable bonds is 61. The van der Waals surface area contributed by atoms with Crippen LogP contribution in [0.5, 0.6) is 0 Å². The molecule has 3 fully saturated rings. The van der Waals surface area contributed by atoms with Crippen LogP contribution in [-0.4, -0.2) is 390 Å². The van der Waals surface area contributed by atoms with Crippen molar-refractivity contribution in [3.63, 3.8) is 0 Å². The van der Waals surface area contributed by atoms with Gasteiger partial charge in [-0.25, -0.2) is 14.0 Å². The lowest BCUT2D eigenvalue weighted by atomic mass is 9.97. The number of aliphatic hydroxyl groups is 9. The lowest BCUT2D eigenvalue weighted by Gasteiger charge is -2.42. The van der Waals surface area contributed by atoms with Gasteiger partial charge in [-0.3, -0.25) is 24.0 Å². The van der Waals surface area contributed by atoms with Crippen LogP contribution in [0.25, 0.3) is 0 Å². The Morgan fingerprint density at radius 2 is 0.796 bits per heavy atom. The number of aliphatic hydroxyl groups excluding tert-OH is 9. The first-order chi connectivity index (χ1) is 54.5. The molecule has 0 bridgehead atoms. The van der Waals surface area contributed by atoms with Gasteiger partial charge in [-0.1, -0.05) is 29.5 Å². The third-order valence-corrected chi connectivity index (χ3v) is 17.2. The van der Waals surface area contributed by atoms with E-state index in [-0.39, 0.29) is 178 Å². The second-order valence-electron chi connectivity index (χ2n) is 27.1. The first kappa shape index (κ1) is 95.6. The van der Waals surface area contributed by atoms with Crippen LogP contribution in [0.4, 0.5) is 0 Å². The molecular formula is C68H118N14O31. The first-order valence-electron chi connectivity index (χ1n) is 37.7. The van der Waals surface area contributed by atoms with Gasteiger partial charge >= 0.3 is 0 Å². The third kappa shape index (κ3) is 36.0. The smallest absolute Gasteiger partial charge is 0.222 e. The Morgan fingerprint density at radius 1 is 0.434 bits per heavy atom. The standard InChI is InChI=1S/C68H118N14O31/c1-44(2)6-7-54(89)69-11-16-100-21-18-99-15-10-55(90)73-68(39-105-38-50-34-80(77-76-50)12-17-101-22-25-104-28-31-110-67-58(72-47(5)88)64(96)61(93)53(37-85)113-67,40-106-42-81-32-48(74-78-81)8-13-97-19-23-102-26-29-108-65-56(70-45(3)86)62(94)59(91)51(35-83)111-65)41-107-43-82-33-49(75-79-82)9-14-98-20-24-103-27-30-109-66-57(71-46(4)87)63(95)60(92)52(36-84)112-66/h32-34,44,51-53,56-67,83-85,91-96H,6-31,35-43H2,1-5H3,(H,69,89)(H,70,86)(H,71,87)(H,72,88)(H,73,90)/t51?,52?,53?,56?,57?,58?,59-,60-,61-,62+,63+,64+,65+,66+,67+,68?/m0/s1. The lowest BCUT2D eigenvalue weighted by molar-refractivity contribution is -0.272. The third-order valence-electron chi connectivity index (χ3n) is 17.2. The second kappa shape index (κ2) is 53.9. The van der Waals surface area contributed by atoms with E-state index in [1.807, 2.05) is 13.8 Å². The predicted molar refractivity (Wildman–Crippen MR) is 382 cm³/mol. The summed E-state index contributed by atoms with van der Waals surface area (Å²) < 4.78 is 103. The fourth-order valence-corrected chi connectivity index (χ4v) is 11.4. The molecule has 0 radical (unpaired) electrons. The number of nitrogens with zero attached hydrogens (tertiary/aromatic N) is 9. The van der Waals surface area contributed by atoms with Gasteiger partial charge in [0.15, 0.2) is 18.9 Å². The van der Waals surface area contributed by atoms with Gasteiger partial charge in [0.1, 0.15) is 97.8 Å². The van der Waals surface area contributed by atoms with E-state index in [0.717, 1.165) is 6.42 Å². The number of aromatic nitrogens is 9. The molecule has 5 amide bonds. The predicted octanol–water partition coefficient (Wildman–Crippen LogP) is -7.78. The van der Waals surface area contributed by atoms with Crippen LogP contribution in [0.15, 0.2) is 18.6 Å². The van der Waals surface area contributed by atoms with Crippen LogP contribution in [0.2, 0.25) is 0 Å². The summed E-state index contributed by atoms with van der Waals surface area (Å²) in [5, 5.41) is 130. The molecular weight excluding hydrogens is 1510 g/mol. The minimum atomic E-state index is -1.45. The summed E-state index contributed by atoms with van der Waals surface area (Å²) in [4.78, 5) is 61.5. The maximum absolute atomic E-state index is 14.1. The van der Waals surface area contributed by atoms with Crippen molar-refractivity contribution < 1.29 is 150 Å². The number of amides is 5. The summed E-state index contributed by atoms with van der Waals surface area (Å²) in [6.45, 7) is 8.54. The lowest BCUT2D eigenvalue weighted by Crippen LogP contribution is -2.64. The molecule has 45 heteroatoms. The SMILES string of the molecule is CC(=O)NC1[C@H](OCCOCCOCCc2cn(COCC(COCc3cn(CCOCCOCCO[C@@H]4OC(CO)[C@H](O)[C@H](O)C4NC(C)=O)nn3)(COCn3cc(CCOCCOCCO[C@@H]4OC(CO)[C@H](O)[C@H](O)C4NC(C)=O)nn3)NC(=O)CCOCCOCCNC(=O)CCC(C)C)nn2)OC(CO)[C@H](O)[C@@H]1O. The van der Waals surface area contributed by atoms with Gasteiger partial charge in [-0.2, -0.15) is 0 Å². The van der Waals surface area contributed by atoms with Crippen molar-refractivity contribution in [1.82, 2.24) is 71.6 Å². The Kier molecular flexibility index (Phi) is 45.6. The molecule has 3 aromatic rings. The van der Waals surface area contributed by atoms with Crippen LogP contribution in [-0.2, 0) is 144 Å². The van der Waals surface area contributed by atoms with Crippen LogP contribution in [0.3, 0.4) is 0 Å². The molecule has 3 aliphatic rings. The number of hydrogen-bond donors (Lipinski definition) is 14. The molecule has 3 aliphatic heterocycles. The molecule has 646 valence electrons. The summed E-state index contributed by atoms with van der Waals surface area (Å²) in [5.74, 6) is -1.53. The zero-order valence-corrected chi connectivity index (χ0v) is 64.7. The number of ether oxygens (including phenoxy) is 17. The molecule has 6 unspecified atom stereocenters. The van der Waals surface area contributed by atoms with E-state index in [1.165, 1.54) is 30.1 Å². The van der Waals surface area contributed by atoms with Crippen molar-refractivity contribution in [2.24, 2.45) is 5.92 Å². The van der Waals surface area contributed by atoms with E-state index in [2.05, 4.69) is 57.5 Å². The van der Waals surface area contributed by atoms with E-state index >= 15 is 0 Å². The molecule has 0 saturated carbocycles. The maximum atomic E-state index is 14.1. The van der Waals surface area contributed by atoms with E-state index in [4.69, 9.17) is 80.5 Å². The molecule has 6 heterocycles. The molecule has 14 N–H and O–H groups in total. The zero-order valence-electron chi connectivity index (χ0n) is 64.7. The summed E-state index contributed by atoms with van der Waals surface area (Å²) in [6.07, 6.45) is -8.71. The highest BCUT2D eigenvalue weighted by Gasteiger charge is 2.48. The monoisotopic (exact) mass is 1630 g/mol. The Labute approximate surface area is 653 Å². The Bertz CT molecular complexity index is 2840. The van der Waals surface area contributed by atoms with Crippen LogP contribution >= 0.6 is 0 Å². The fraction of sp³-hybridized carbons (Fsp3) is 0.838. The fourth-order valence-electron chi connectivity index (χ4n) is 11.4.